The van der Waals surface area contributed by atoms with Gasteiger partial charge in [-0.15, -0.1) is 0 Å². The van der Waals surface area contributed by atoms with Crippen molar-refractivity contribution in [1.29, 1.82) is 0 Å². The van der Waals surface area contributed by atoms with Gasteiger partial charge >= 0.3 is 12.2 Å². The highest BCUT2D eigenvalue weighted by atomic mass is 16.6. The smallest absolute Gasteiger partial charge is 0.410 e. The monoisotopic (exact) mass is 691 g/mol. The quantitative estimate of drug-likeness (QED) is 0.216. The molecular formula is C39H57N5O6. The van der Waals surface area contributed by atoms with Gasteiger partial charge in [0.2, 0.25) is 0 Å². The van der Waals surface area contributed by atoms with Crippen LogP contribution in [0.4, 0.5) is 9.59 Å². The van der Waals surface area contributed by atoms with E-state index < -0.39 is 11.2 Å². The fourth-order valence-electron chi connectivity index (χ4n) is 6.55. The van der Waals surface area contributed by atoms with E-state index in [1.165, 1.54) is 0 Å². The Morgan fingerprint density at radius 1 is 0.940 bits per heavy atom. The fourth-order valence-corrected chi connectivity index (χ4v) is 6.55. The largest absolute Gasteiger partial charge is 0.486 e. The van der Waals surface area contributed by atoms with E-state index >= 15 is 0 Å². The molecule has 11 nitrogen and oxygen atoms in total. The zero-order chi connectivity index (χ0) is 37.0. The number of piperazine rings is 1. The maximum absolute atomic E-state index is 13.8. The van der Waals surface area contributed by atoms with Crippen molar-refractivity contribution in [2.45, 2.75) is 117 Å². The number of ether oxygens (including phenoxy) is 3. The molecule has 2 unspecified atom stereocenters. The number of amides is 2. The predicted octanol–water partition coefficient (Wildman–Crippen LogP) is 7.48. The van der Waals surface area contributed by atoms with Crippen LogP contribution in [0.15, 0.2) is 53.3 Å². The van der Waals surface area contributed by atoms with Crippen LogP contribution >= 0.6 is 0 Å². The number of fused-ring (bicyclic) bond motifs is 1. The molecule has 3 aromatic rings. The molecule has 11 heteroatoms. The Labute approximate surface area is 297 Å². The summed E-state index contributed by atoms with van der Waals surface area (Å²) >= 11 is 0. The Morgan fingerprint density at radius 2 is 1.56 bits per heavy atom. The van der Waals surface area contributed by atoms with Crippen LogP contribution in [0.1, 0.15) is 105 Å². The zero-order valence-corrected chi connectivity index (χ0v) is 31.9. The van der Waals surface area contributed by atoms with Crippen LogP contribution in [0, 0.1) is 0 Å². The molecule has 2 amide bonds. The van der Waals surface area contributed by atoms with Gasteiger partial charge in [-0.25, -0.2) is 14.6 Å². The van der Waals surface area contributed by atoms with Gasteiger partial charge in [-0.05, 0) is 79.5 Å². The van der Waals surface area contributed by atoms with E-state index in [0.717, 1.165) is 18.4 Å². The second-order valence-corrected chi connectivity index (χ2v) is 15.6. The minimum absolute atomic E-state index is 0.0882. The van der Waals surface area contributed by atoms with Gasteiger partial charge in [0.25, 0.3) is 5.56 Å². The van der Waals surface area contributed by atoms with Crippen LogP contribution < -0.4 is 10.3 Å². The minimum Gasteiger partial charge on any atom is -0.486 e. The van der Waals surface area contributed by atoms with Crippen LogP contribution in [0.3, 0.4) is 0 Å². The summed E-state index contributed by atoms with van der Waals surface area (Å²) in [6, 6.07) is 15.0. The number of hydrogen-bond acceptors (Lipinski definition) is 8. The van der Waals surface area contributed by atoms with E-state index in [-0.39, 0.29) is 42.0 Å². The van der Waals surface area contributed by atoms with Gasteiger partial charge in [0.05, 0.1) is 16.9 Å². The van der Waals surface area contributed by atoms with Crippen molar-refractivity contribution in [2.75, 3.05) is 26.7 Å². The highest BCUT2D eigenvalue weighted by Crippen LogP contribution is 2.32. The topological polar surface area (TPSA) is 106 Å². The van der Waals surface area contributed by atoms with Gasteiger partial charge in [-0.1, -0.05) is 43.7 Å². The number of nitrogens with zero attached hydrogens (tertiary/aromatic N) is 5. The molecule has 0 saturated carbocycles. The van der Waals surface area contributed by atoms with Crippen molar-refractivity contribution >= 4 is 23.1 Å². The molecule has 1 aliphatic heterocycles. The lowest BCUT2D eigenvalue weighted by Crippen LogP contribution is -2.60. The maximum Gasteiger partial charge on any atom is 0.410 e. The van der Waals surface area contributed by atoms with E-state index in [1.54, 1.807) is 35.7 Å². The average molecular weight is 692 g/mol. The van der Waals surface area contributed by atoms with Crippen LogP contribution in [0.25, 0.3) is 10.9 Å². The number of aromatic nitrogens is 2. The average Bonchev–Trinajstić information content (AvgIpc) is 3.01. The molecule has 1 aliphatic rings. The highest BCUT2D eigenvalue weighted by molar-refractivity contribution is 5.79. The molecule has 0 aliphatic carbocycles. The first-order valence-electron chi connectivity index (χ1n) is 17.8. The number of carbonyl (C=O) groups excluding carboxylic acids is 2. The lowest BCUT2D eigenvalue weighted by atomic mass is 10.0. The first-order valence-corrected chi connectivity index (χ1v) is 17.8. The number of hydrogen-bond donors (Lipinski definition) is 0. The van der Waals surface area contributed by atoms with E-state index in [0.29, 0.717) is 48.5 Å². The Balaban J connectivity index is 1.62. The molecule has 0 N–H and O–H groups in total. The summed E-state index contributed by atoms with van der Waals surface area (Å²) in [5, 5.41) is 0.510. The van der Waals surface area contributed by atoms with Crippen LogP contribution in [-0.4, -0.2) is 86.4 Å². The molecule has 1 saturated heterocycles. The van der Waals surface area contributed by atoms with Gasteiger partial charge in [0, 0.05) is 58.3 Å². The molecule has 4 atom stereocenters. The third-order valence-electron chi connectivity index (χ3n) is 8.82. The normalized spacial score (nSPS) is 18.4. The summed E-state index contributed by atoms with van der Waals surface area (Å²) in [6.07, 6.45) is 1.17. The second-order valence-electron chi connectivity index (χ2n) is 15.6. The Hall–Kier alpha value is -4.12. The highest BCUT2D eigenvalue weighted by Gasteiger charge is 2.39. The third kappa shape index (κ3) is 9.77. The maximum atomic E-state index is 13.8. The lowest BCUT2D eigenvalue weighted by molar-refractivity contribution is -0.0246. The van der Waals surface area contributed by atoms with Crippen LogP contribution in [0.2, 0.25) is 0 Å². The molecule has 2 heterocycles. The van der Waals surface area contributed by atoms with Gasteiger partial charge in [-0.3, -0.25) is 14.3 Å². The van der Waals surface area contributed by atoms with E-state index in [2.05, 4.69) is 11.8 Å². The van der Waals surface area contributed by atoms with Gasteiger partial charge in [0.1, 0.15) is 28.9 Å². The summed E-state index contributed by atoms with van der Waals surface area (Å²) in [7, 11) is 3.51. The molecule has 0 spiro atoms. The molecule has 2 aromatic carbocycles. The summed E-state index contributed by atoms with van der Waals surface area (Å²) in [6.45, 7) is 19.1. The number of carbonyl (C=O) groups is 2. The molecule has 0 bridgehead atoms. The Kier molecular flexibility index (Phi) is 12.2. The van der Waals surface area contributed by atoms with Crippen molar-refractivity contribution in [3.05, 3.63) is 70.3 Å². The van der Waals surface area contributed by atoms with E-state index in [4.69, 9.17) is 19.2 Å². The molecule has 1 fully saturated rings. The van der Waals surface area contributed by atoms with Gasteiger partial charge in [-0.2, -0.15) is 0 Å². The van der Waals surface area contributed by atoms with Crippen molar-refractivity contribution in [2.24, 2.45) is 7.05 Å². The first kappa shape index (κ1) is 38.7. The van der Waals surface area contributed by atoms with E-state index in [1.807, 2.05) is 96.7 Å². The molecule has 4 rings (SSSR count). The molecule has 0 radical (unpaired) electrons. The van der Waals surface area contributed by atoms with Crippen LogP contribution in [0.5, 0.6) is 5.75 Å². The van der Waals surface area contributed by atoms with Gasteiger partial charge in [0.15, 0.2) is 0 Å². The molecule has 1 aromatic heterocycles. The van der Waals surface area contributed by atoms with Crippen LogP contribution in [-0.2, 0) is 16.5 Å². The first-order chi connectivity index (χ1) is 23.4. The lowest BCUT2D eigenvalue weighted by Gasteiger charge is -2.47. The van der Waals surface area contributed by atoms with Gasteiger partial charge < -0.3 is 24.0 Å². The summed E-state index contributed by atoms with van der Waals surface area (Å²) in [5.74, 6) is 1.27. The molecule has 274 valence electrons. The third-order valence-corrected chi connectivity index (χ3v) is 8.82. The zero-order valence-electron chi connectivity index (χ0n) is 31.9. The molecule has 50 heavy (non-hydrogen) atoms. The number of benzene rings is 2. The Morgan fingerprint density at radius 3 is 2.14 bits per heavy atom. The molecular weight excluding hydrogens is 634 g/mol. The van der Waals surface area contributed by atoms with Crippen molar-refractivity contribution in [3.63, 3.8) is 0 Å². The summed E-state index contributed by atoms with van der Waals surface area (Å²) in [4.78, 5) is 50.4. The SMILES string of the molecule is CCCC(c1nc2cc(OC(CCN(C)C(=O)OC(C)(C)C)c3ccccc3)ccc2c(=O)n1C)N1C[C@@H](C)N(C(=O)OC(C)(C)C)[C@@H](C)C1. The fraction of sp³-hybridized carbons (Fsp3) is 0.590. The van der Waals surface area contributed by atoms with Crippen molar-refractivity contribution in [3.8, 4) is 5.75 Å². The van der Waals surface area contributed by atoms with Crippen molar-refractivity contribution < 1.29 is 23.8 Å². The summed E-state index contributed by atoms with van der Waals surface area (Å²) < 4.78 is 19.5. The Bertz CT molecular complexity index is 1670. The second kappa shape index (κ2) is 15.8. The number of rotatable bonds is 10. The predicted molar refractivity (Wildman–Crippen MR) is 196 cm³/mol. The van der Waals surface area contributed by atoms with Crippen molar-refractivity contribution in [1.82, 2.24) is 24.3 Å². The standard InChI is InChI=1S/C39H57N5O6/c1-12-16-32(43-24-26(2)44(27(3)25-43)37(47)50-39(7,8)9)34-40-31-23-29(19-20-30(31)35(45)42(34)11)48-33(28-17-14-13-15-18-28)21-22-41(10)36(46)49-38(4,5)6/h13-15,17-20,23,26-27,32-33H,12,16,21-22,24-25H2,1-11H3/t26-,27+,32?,33?. The summed E-state index contributed by atoms with van der Waals surface area (Å²) in [5.41, 5.74) is 0.249. The van der Waals surface area contributed by atoms with E-state index in [9.17, 15) is 14.4 Å². The minimum atomic E-state index is -0.588.